The van der Waals surface area contributed by atoms with Crippen LogP contribution in [0.25, 0.3) is 0 Å². The summed E-state index contributed by atoms with van der Waals surface area (Å²) >= 11 is 1.60. The SMILES string of the molecule is CC.CSN1CCC(N(C)\C=C(C)/C(=N\SF)C(/C=O)=C\N)CC1. The van der Waals surface area contributed by atoms with Gasteiger partial charge in [-0.2, -0.15) is 4.40 Å². The van der Waals surface area contributed by atoms with Gasteiger partial charge < -0.3 is 10.6 Å². The summed E-state index contributed by atoms with van der Waals surface area (Å²) in [6.45, 7) is 7.90. The average Bonchev–Trinajstić information content (AvgIpc) is 2.63. The number of nitrogens with two attached hydrogens (primary N) is 1. The van der Waals surface area contributed by atoms with Gasteiger partial charge >= 0.3 is 0 Å². The normalized spacial score (nSPS) is 18.0. The van der Waals surface area contributed by atoms with Crippen molar-refractivity contribution < 1.29 is 8.68 Å². The molecule has 1 saturated heterocycles. The van der Waals surface area contributed by atoms with Crippen LogP contribution >= 0.6 is 24.3 Å². The molecule has 24 heavy (non-hydrogen) atoms. The van der Waals surface area contributed by atoms with Crippen molar-refractivity contribution in [3.05, 3.63) is 23.5 Å². The molecule has 0 unspecified atom stereocenters. The minimum absolute atomic E-state index is 0.173. The molecule has 0 atom stereocenters. The monoisotopic (exact) mass is 376 g/mol. The van der Waals surface area contributed by atoms with Gasteiger partial charge in [-0.15, -0.1) is 3.89 Å². The minimum Gasteiger partial charge on any atom is -0.404 e. The fourth-order valence-corrected chi connectivity index (χ4v) is 3.36. The first-order valence-corrected chi connectivity index (χ1v) is 9.85. The Bertz CT molecular complexity index is 461. The molecule has 5 nitrogen and oxygen atoms in total. The molecule has 0 aliphatic carbocycles. The fourth-order valence-electron chi connectivity index (χ4n) is 2.46. The zero-order valence-electron chi connectivity index (χ0n) is 15.2. The molecular weight excluding hydrogens is 347 g/mol. The van der Waals surface area contributed by atoms with E-state index >= 15 is 0 Å². The molecule has 0 bridgehead atoms. The molecule has 0 saturated carbocycles. The largest absolute Gasteiger partial charge is 0.404 e. The van der Waals surface area contributed by atoms with E-state index in [1.807, 2.05) is 27.1 Å². The molecule has 1 aliphatic rings. The van der Waals surface area contributed by atoms with Crippen LogP contribution in [-0.4, -0.2) is 53.6 Å². The van der Waals surface area contributed by atoms with Crippen molar-refractivity contribution in [1.82, 2.24) is 9.21 Å². The van der Waals surface area contributed by atoms with Crippen LogP contribution in [0.1, 0.15) is 33.6 Å². The zero-order valence-corrected chi connectivity index (χ0v) is 16.8. The summed E-state index contributed by atoms with van der Waals surface area (Å²) in [7, 11) is 2.00. The highest BCUT2D eigenvalue weighted by Crippen LogP contribution is 2.21. The highest BCUT2D eigenvalue weighted by atomic mass is 32.2. The van der Waals surface area contributed by atoms with E-state index in [-0.39, 0.29) is 23.6 Å². The number of piperidine rings is 1. The van der Waals surface area contributed by atoms with Crippen molar-refractivity contribution in [3.63, 3.8) is 0 Å². The molecular formula is C16H29FN4OS2. The van der Waals surface area contributed by atoms with E-state index in [0.29, 0.717) is 17.9 Å². The van der Waals surface area contributed by atoms with Crippen molar-refractivity contribution in [3.8, 4) is 0 Å². The number of carbonyl (C=O) groups is 1. The van der Waals surface area contributed by atoms with Gasteiger partial charge in [-0.05, 0) is 31.6 Å². The number of rotatable bonds is 7. The van der Waals surface area contributed by atoms with Crippen LogP contribution in [-0.2, 0) is 4.79 Å². The van der Waals surface area contributed by atoms with E-state index in [4.69, 9.17) is 5.73 Å². The summed E-state index contributed by atoms with van der Waals surface area (Å²) < 4.78 is 18.5. The van der Waals surface area contributed by atoms with Crippen molar-refractivity contribution in [2.24, 2.45) is 10.1 Å². The molecule has 0 amide bonds. The van der Waals surface area contributed by atoms with Gasteiger partial charge in [0.05, 0.1) is 11.3 Å². The van der Waals surface area contributed by atoms with Crippen molar-refractivity contribution in [2.45, 2.75) is 39.7 Å². The van der Waals surface area contributed by atoms with Gasteiger partial charge in [0, 0.05) is 38.6 Å². The number of halogens is 1. The summed E-state index contributed by atoms with van der Waals surface area (Å²) in [5, 5.41) is 0. The van der Waals surface area contributed by atoms with Crippen LogP contribution < -0.4 is 5.73 Å². The smallest absolute Gasteiger partial charge is 0.187 e. The predicted molar refractivity (Wildman–Crippen MR) is 105 cm³/mol. The van der Waals surface area contributed by atoms with Gasteiger partial charge in [0.15, 0.2) is 18.6 Å². The van der Waals surface area contributed by atoms with Crippen LogP contribution in [0.2, 0.25) is 0 Å². The quantitative estimate of drug-likeness (QED) is 0.317. The lowest BCUT2D eigenvalue weighted by molar-refractivity contribution is -0.104. The van der Waals surface area contributed by atoms with Gasteiger partial charge in [0.1, 0.15) is 0 Å². The molecule has 1 aliphatic heterocycles. The molecule has 2 N–H and O–H groups in total. The van der Waals surface area contributed by atoms with Gasteiger partial charge in [-0.1, -0.05) is 25.8 Å². The maximum atomic E-state index is 12.5. The molecule has 1 fully saturated rings. The van der Waals surface area contributed by atoms with Crippen LogP contribution in [0.4, 0.5) is 3.89 Å². The topological polar surface area (TPSA) is 61.9 Å². The molecule has 138 valence electrons. The molecule has 0 aromatic carbocycles. The third-order valence-electron chi connectivity index (χ3n) is 3.73. The van der Waals surface area contributed by atoms with Gasteiger partial charge in [0.25, 0.3) is 0 Å². The molecule has 0 aromatic heterocycles. The molecule has 8 heteroatoms. The second kappa shape index (κ2) is 13.3. The van der Waals surface area contributed by atoms with Crippen molar-refractivity contribution in [1.29, 1.82) is 0 Å². The third-order valence-corrected chi connectivity index (χ3v) is 4.87. The zero-order chi connectivity index (χ0) is 18.5. The number of hydrogen-bond acceptors (Lipinski definition) is 7. The Balaban J connectivity index is 0.00000254. The van der Waals surface area contributed by atoms with Crippen molar-refractivity contribution in [2.75, 3.05) is 26.4 Å². The Kier molecular flexibility index (Phi) is 12.8. The maximum absolute atomic E-state index is 12.5. The van der Waals surface area contributed by atoms with E-state index in [2.05, 4.69) is 19.9 Å². The van der Waals surface area contributed by atoms with E-state index in [1.54, 1.807) is 18.9 Å². The minimum atomic E-state index is -0.173. The second-order valence-electron chi connectivity index (χ2n) is 5.07. The van der Waals surface area contributed by atoms with E-state index < -0.39 is 0 Å². The van der Waals surface area contributed by atoms with Crippen LogP contribution in [0.5, 0.6) is 0 Å². The molecule has 0 spiro atoms. The molecule has 0 radical (unpaired) electrons. The van der Waals surface area contributed by atoms with Crippen molar-refractivity contribution >= 4 is 36.3 Å². The number of aldehydes is 1. The fraction of sp³-hybridized carbons (Fsp3) is 0.625. The first-order valence-electron chi connectivity index (χ1n) is 8.00. The standard InChI is InChI=1S/C14H23FN4OS2.C2H6/c1-11(14(17-22-15)12(8-16)10-20)9-18(2)13-4-6-19(21-3)7-5-13;1-2/h8-10,13H,4-7,16H2,1-3H3;1-2H3/b11-9-,12-8-,17-14+;. The lowest BCUT2D eigenvalue weighted by atomic mass is 10.0. The lowest BCUT2D eigenvalue weighted by Crippen LogP contribution is -2.39. The number of carbonyl (C=O) groups excluding carboxylic acids is 1. The summed E-state index contributed by atoms with van der Waals surface area (Å²) in [5.74, 6) is 0. The Morgan fingerprint density at radius 1 is 1.38 bits per heavy atom. The highest BCUT2D eigenvalue weighted by molar-refractivity contribution is 7.96. The Morgan fingerprint density at radius 3 is 2.38 bits per heavy atom. The summed E-state index contributed by atoms with van der Waals surface area (Å²) in [6, 6.07) is 0.430. The van der Waals surface area contributed by atoms with E-state index in [9.17, 15) is 8.68 Å². The summed E-state index contributed by atoms with van der Waals surface area (Å²) in [5.41, 5.74) is 6.57. The molecule has 1 rings (SSSR count). The second-order valence-corrected chi connectivity index (χ2v) is 6.27. The maximum Gasteiger partial charge on any atom is 0.187 e. The Labute approximate surface area is 154 Å². The lowest BCUT2D eigenvalue weighted by Gasteiger charge is -2.35. The van der Waals surface area contributed by atoms with Gasteiger partial charge in [-0.25, -0.2) is 0 Å². The van der Waals surface area contributed by atoms with Crippen LogP contribution in [0, 0.1) is 0 Å². The third kappa shape index (κ3) is 7.27. The van der Waals surface area contributed by atoms with E-state index in [1.165, 1.54) is 0 Å². The summed E-state index contributed by atoms with van der Waals surface area (Å²) in [6.07, 6.45) is 7.87. The Hall–Kier alpha value is -0.990. The van der Waals surface area contributed by atoms with E-state index in [0.717, 1.165) is 32.1 Å². The Morgan fingerprint density at radius 2 is 1.96 bits per heavy atom. The van der Waals surface area contributed by atoms with Crippen LogP contribution in [0.3, 0.4) is 0 Å². The number of allylic oxidation sites excluding steroid dienone is 2. The highest BCUT2D eigenvalue weighted by Gasteiger charge is 2.21. The van der Waals surface area contributed by atoms with Gasteiger partial charge in [0.2, 0.25) is 0 Å². The van der Waals surface area contributed by atoms with Crippen LogP contribution in [0.15, 0.2) is 27.9 Å². The average molecular weight is 377 g/mol. The molecule has 1 heterocycles. The predicted octanol–water partition coefficient (Wildman–Crippen LogP) is 3.61. The first kappa shape index (κ1) is 23.0. The number of nitrogens with zero attached hydrogens (tertiary/aromatic N) is 3. The summed E-state index contributed by atoms with van der Waals surface area (Å²) in [4.78, 5) is 13.1. The molecule has 0 aromatic rings. The number of hydrogen-bond donors (Lipinski definition) is 1. The first-order chi connectivity index (χ1) is 11.6. The van der Waals surface area contributed by atoms with Gasteiger partial charge in [-0.3, -0.25) is 9.10 Å².